The minimum absolute atomic E-state index is 0.0568. The highest BCUT2D eigenvalue weighted by Gasteiger charge is 2.17. The zero-order valence-electron chi connectivity index (χ0n) is 10.9. The van der Waals surface area contributed by atoms with E-state index in [4.69, 9.17) is 5.11 Å². The van der Waals surface area contributed by atoms with Gasteiger partial charge in [-0.25, -0.2) is 0 Å². The number of aryl methyl sites for hydroxylation is 2. The second-order valence-corrected chi connectivity index (χ2v) is 4.76. The van der Waals surface area contributed by atoms with Crippen LogP contribution in [0.4, 0.5) is 5.69 Å². The summed E-state index contributed by atoms with van der Waals surface area (Å²) in [6, 6.07) is 5.38. The first-order valence-corrected chi connectivity index (χ1v) is 6.42. The minimum atomic E-state index is -0.826. The number of nitrogens with one attached hydrogen (secondary N) is 2. The molecule has 0 fully saturated rings. The van der Waals surface area contributed by atoms with Crippen LogP contribution in [0.1, 0.15) is 24.0 Å². The van der Waals surface area contributed by atoms with E-state index in [2.05, 4.69) is 16.7 Å². The fourth-order valence-electron chi connectivity index (χ4n) is 2.29. The highest BCUT2D eigenvalue weighted by molar-refractivity contribution is 5.93. The molecule has 0 spiro atoms. The third-order valence-corrected chi connectivity index (χ3v) is 3.43. The Morgan fingerprint density at radius 1 is 1.47 bits per heavy atom. The van der Waals surface area contributed by atoms with Crippen LogP contribution in [0, 0.1) is 0 Å². The number of fused-ring (bicyclic) bond motifs is 1. The average molecular weight is 262 g/mol. The van der Waals surface area contributed by atoms with Crippen molar-refractivity contribution >= 4 is 17.6 Å². The first-order chi connectivity index (χ1) is 9.10. The van der Waals surface area contributed by atoms with Crippen LogP contribution >= 0.6 is 0 Å². The van der Waals surface area contributed by atoms with E-state index >= 15 is 0 Å². The number of amides is 1. The van der Waals surface area contributed by atoms with Gasteiger partial charge < -0.3 is 15.7 Å². The highest BCUT2D eigenvalue weighted by Crippen LogP contribution is 2.24. The summed E-state index contributed by atoms with van der Waals surface area (Å²) in [7, 11) is 1.65. The molecular weight excluding hydrogens is 244 g/mol. The summed E-state index contributed by atoms with van der Waals surface area (Å²) in [6.45, 7) is 0. The second-order valence-electron chi connectivity index (χ2n) is 4.76. The molecule has 0 aliphatic carbocycles. The van der Waals surface area contributed by atoms with E-state index in [1.807, 2.05) is 12.1 Å². The van der Waals surface area contributed by atoms with E-state index in [0.717, 1.165) is 23.2 Å². The number of likely N-dealkylation sites (N-methyl/N-ethyl adjacent to an activating group) is 1. The number of hydrogen-bond donors (Lipinski definition) is 3. The smallest absolute Gasteiger partial charge is 0.320 e. The van der Waals surface area contributed by atoms with E-state index in [-0.39, 0.29) is 5.91 Å². The van der Waals surface area contributed by atoms with Crippen LogP contribution in [0.5, 0.6) is 0 Å². The number of carboxylic acids is 1. The van der Waals surface area contributed by atoms with Gasteiger partial charge in [0.1, 0.15) is 6.04 Å². The van der Waals surface area contributed by atoms with E-state index in [9.17, 15) is 9.59 Å². The number of anilines is 1. The van der Waals surface area contributed by atoms with Crippen LogP contribution in [0.2, 0.25) is 0 Å². The molecular formula is C14H18N2O3. The van der Waals surface area contributed by atoms with Gasteiger partial charge in [-0.3, -0.25) is 9.59 Å². The SMILES string of the molecule is CNC(CCc1ccc2c(c1)CCC(=O)N2)C(=O)O. The second kappa shape index (κ2) is 5.84. The topological polar surface area (TPSA) is 78.4 Å². The molecule has 0 bridgehead atoms. The number of carbonyl (C=O) groups is 2. The van der Waals surface area contributed by atoms with Crippen molar-refractivity contribution in [2.45, 2.75) is 31.7 Å². The Balaban J connectivity index is 2.02. The molecule has 19 heavy (non-hydrogen) atoms. The summed E-state index contributed by atoms with van der Waals surface area (Å²) in [4.78, 5) is 22.2. The van der Waals surface area contributed by atoms with Gasteiger partial charge in [-0.15, -0.1) is 0 Å². The van der Waals surface area contributed by atoms with E-state index < -0.39 is 12.0 Å². The highest BCUT2D eigenvalue weighted by atomic mass is 16.4. The van der Waals surface area contributed by atoms with Crippen molar-refractivity contribution in [2.24, 2.45) is 0 Å². The van der Waals surface area contributed by atoms with E-state index in [0.29, 0.717) is 19.3 Å². The molecule has 3 N–H and O–H groups in total. The normalized spacial score (nSPS) is 15.5. The van der Waals surface area contributed by atoms with E-state index in [1.165, 1.54) is 0 Å². The summed E-state index contributed by atoms with van der Waals surface area (Å²) in [5.41, 5.74) is 3.12. The molecule has 102 valence electrons. The van der Waals surface area contributed by atoms with Crippen molar-refractivity contribution in [3.05, 3.63) is 29.3 Å². The van der Waals surface area contributed by atoms with Crippen molar-refractivity contribution in [3.63, 3.8) is 0 Å². The number of aliphatic carboxylic acids is 1. The lowest BCUT2D eigenvalue weighted by molar-refractivity contribution is -0.139. The van der Waals surface area contributed by atoms with Crippen molar-refractivity contribution in [2.75, 3.05) is 12.4 Å². The quantitative estimate of drug-likeness (QED) is 0.744. The molecule has 5 nitrogen and oxygen atoms in total. The van der Waals surface area contributed by atoms with Crippen molar-refractivity contribution in [1.82, 2.24) is 5.32 Å². The third kappa shape index (κ3) is 3.32. The lowest BCUT2D eigenvalue weighted by Gasteiger charge is -2.18. The van der Waals surface area contributed by atoms with Gasteiger partial charge in [0.15, 0.2) is 0 Å². The Morgan fingerprint density at radius 3 is 2.95 bits per heavy atom. The number of benzene rings is 1. The summed E-state index contributed by atoms with van der Waals surface area (Å²) in [5, 5.41) is 14.6. The molecule has 1 aromatic carbocycles. The standard InChI is InChI=1S/C14H18N2O3/c1-15-12(14(18)19)6-3-9-2-5-11-10(8-9)4-7-13(17)16-11/h2,5,8,12,15H,3-4,6-7H2,1H3,(H,16,17)(H,18,19). The van der Waals surface area contributed by atoms with E-state index in [1.54, 1.807) is 7.05 Å². The van der Waals surface area contributed by atoms with Crippen LogP contribution in [0.3, 0.4) is 0 Å². The number of carbonyl (C=O) groups excluding carboxylic acids is 1. The fraction of sp³-hybridized carbons (Fsp3) is 0.429. The molecule has 5 heteroatoms. The number of rotatable bonds is 5. The van der Waals surface area contributed by atoms with Gasteiger partial charge in [0.2, 0.25) is 5.91 Å². The van der Waals surface area contributed by atoms with Crippen LogP contribution < -0.4 is 10.6 Å². The molecule has 1 aliphatic rings. The van der Waals surface area contributed by atoms with Gasteiger partial charge in [-0.05, 0) is 43.5 Å². The molecule has 2 rings (SSSR count). The summed E-state index contributed by atoms with van der Waals surface area (Å²) >= 11 is 0. The van der Waals surface area contributed by atoms with Crippen LogP contribution in [-0.2, 0) is 22.4 Å². The van der Waals surface area contributed by atoms with Crippen LogP contribution in [-0.4, -0.2) is 30.1 Å². The predicted octanol–water partition coefficient (Wildman–Crippen LogP) is 1.18. The van der Waals surface area contributed by atoms with Gasteiger partial charge in [0.25, 0.3) is 0 Å². The minimum Gasteiger partial charge on any atom is -0.480 e. The summed E-state index contributed by atoms with van der Waals surface area (Å²) in [5.74, 6) is -0.769. The predicted molar refractivity (Wildman–Crippen MR) is 72.2 cm³/mol. The molecule has 1 heterocycles. The Bertz CT molecular complexity index is 499. The maximum atomic E-state index is 11.3. The molecule has 0 radical (unpaired) electrons. The molecule has 1 aromatic rings. The van der Waals surface area contributed by atoms with Gasteiger partial charge in [0.05, 0.1) is 0 Å². The molecule has 0 aromatic heterocycles. The Kier molecular flexibility index (Phi) is 4.16. The monoisotopic (exact) mass is 262 g/mol. The molecule has 1 aliphatic heterocycles. The van der Waals surface area contributed by atoms with Gasteiger partial charge in [0, 0.05) is 12.1 Å². The first kappa shape index (κ1) is 13.5. The lowest BCUT2D eigenvalue weighted by Crippen LogP contribution is -2.34. The van der Waals surface area contributed by atoms with Gasteiger partial charge >= 0.3 is 5.97 Å². The lowest BCUT2D eigenvalue weighted by atomic mass is 9.97. The Morgan fingerprint density at radius 2 is 2.26 bits per heavy atom. The number of hydrogen-bond acceptors (Lipinski definition) is 3. The van der Waals surface area contributed by atoms with Gasteiger partial charge in [-0.2, -0.15) is 0 Å². The molecule has 1 unspecified atom stereocenters. The molecule has 0 saturated heterocycles. The summed E-state index contributed by atoms with van der Waals surface area (Å²) in [6.07, 6.45) is 2.53. The van der Waals surface area contributed by atoms with Gasteiger partial charge in [-0.1, -0.05) is 12.1 Å². The average Bonchev–Trinajstić information content (AvgIpc) is 2.39. The maximum absolute atomic E-state index is 11.3. The third-order valence-electron chi connectivity index (χ3n) is 3.43. The molecule has 1 amide bonds. The van der Waals surface area contributed by atoms with Crippen LogP contribution in [0.15, 0.2) is 18.2 Å². The van der Waals surface area contributed by atoms with Crippen molar-refractivity contribution in [3.8, 4) is 0 Å². The van der Waals surface area contributed by atoms with Crippen LogP contribution in [0.25, 0.3) is 0 Å². The Hall–Kier alpha value is -1.88. The molecule has 1 atom stereocenters. The maximum Gasteiger partial charge on any atom is 0.320 e. The fourth-order valence-corrected chi connectivity index (χ4v) is 2.29. The zero-order chi connectivity index (χ0) is 13.8. The Labute approximate surface area is 112 Å². The largest absolute Gasteiger partial charge is 0.480 e. The zero-order valence-corrected chi connectivity index (χ0v) is 10.9. The van der Waals surface area contributed by atoms with Crippen molar-refractivity contribution < 1.29 is 14.7 Å². The molecule has 0 saturated carbocycles. The van der Waals surface area contributed by atoms with Crippen molar-refractivity contribution in [1.29, 1.82) is 0 Å². The number of carboxylic acid groups (broad SMARTS) is 1. The first-order valence-electron chi connectivity index (χ1n) is 6.42. The summed E-state index contributed by atoms with van der Waals surface area (Å²) < 4.78 is 0.